The molecule has 4 aromatic rings. The van der Waals surface area contributed by atoms with Crippen LogP contribution in [0.1, 0.15) is 30.5 Å². The molecule has 0 unspecified atom stereocenters. The first-order valence-electron chi connectivity index (χ1n) is 13.2. The van der Waals surface area contributed by atoms with E-state index in [1.54, 1.807) is 78.7 Å². The second-order valence-corrected chi connectivity index (χ2v) is 10.2. The Morgan fingerprint density at radius 3 is 2.07 bits per heavy atom. The zero-order chi connectivity index (χ0) is 29.5. The third-order valence-electron chi connectivity index (χ3n) is 6.73. The Morgan fingerprint density at radius 1 is 0.854 bits per heavy atom. The number of rotatable bonds is 8. The molecule has 0 aliphatic heterocycles. The lowest BCUT2D eigenvalue weighted by Crippen LogP contribution is -2.35. The molecule has 4 rings (SSSR count). The van der Waals surface area contributed by atoms with Crippen LogP contribution in [0.15, 0.2) is 84.9 Å². The van der Waals surface area contributed by atoms with Gasteiger partial charge in [0.05, 0.1) is 12.2 Å². The summed E-state index contributed by atoms with van der Waals surface area (Å²) in [5, 5.41) is 4.20. The lowest BCUT2D eigenvalue weighted by atomic mass is 10.0. The molecule has 0 bridgehead atoms. The third-order valence-corrected chi connectivity index (χ3v) is 7.32. The van der Waals surface area contributed by atoms with Gasteiger partial charge in [0.15, 0.2) is 0 Å². The van der Waals surface area contributed by atoms with Crippen LogP contribution in [0.3, 0.4) is 0 Å². The summed E-state index contributed by atoms with van der Waals surface area (Å²) in [5.41, 5.74) is 11.2. The molecule has 0 aliphatic rings. The van der Waals surface area contributed by atoms with Gasteiger partial charge in [-0.25, -0.2) is 9.59 Å². The number of nitrogens with zero attached hydrogens (tertiary/aromatic N) is 2. The number of halogens is 2. The minimum atomic E-state index is -0.530. The summed E-state index contributed by atoms with van der Waals surface area (Å²) >= 11 is 12.6. The molecule has 0 heterocycles. The summed E-state index contributed by atoms with van der Waals surface area (Å²) < 4.78 is 5.45. The van der Waals surface area contributed by atoms with Crippen molar-refractivity contribution in [1.29, 1.82) is 0 Å². The van der Waals surface area contributed by atoms with E-state index in [9.17, 15) is 9.59 Å². The molecule has 212 valence electrons. The molecule has 9 heteroatoms. The smallest absolute Gasteiger partial charge is 0.410 e. The van der Waals surface area contributed by atoms with Crippen molar-refractivity contribution in [1.82, 2.24) is 0 Å². The van der Waals surface area contributed by atoms with Crippen LogP contribution in [-0.2, 0) is 19.4 Å². The van der Waals surface area contributed by atoms with Crippen molar-refractivity contribution in [3.8, 4) is 5.75 Å². The molecule has 0 aliphatic carbocycles. The van der Waals surface area contributed by atoms with Crippen molar-refractivity contribution in [2.75, 3.05) is 27.9 Å². The number of amides is 3. The standard InChI is InChI=1S/C32H32Cl2N4O3/c1-4-26-28(34)19-29(35)27(5-2)30(26)36-31(39)38(20-21-11-13-22(33)14-12-21)24-17-15-23(16-18-24)37(3)32(40)41-25-9-7-6-8-10-25/h6-19H,4-5,20,35H2,1-3H3,(H,36,39). The first-order valence-corrected chi connectivity index (χ1v) is 14.0. The van der Waals surface area contributed by atoms with Gasteiger partial charge in [-0.2, -0.15) is 0 Å². The van der Waals surface area contributed by atoms with Crippen molar-refractivity contribution in [3.05, 3.63) is 112 Å². The molecule has 7 nitrogen and oxygen atoms in total. The lowest BCUT2D eigenvalue weighted by molar-refractivity contribution is 0.209. The van der Waals surface area contributed by atoms with Gasteiger partial charge >= 0.3 is 12.1 Å². The molecule has 0 saturated carbocycles. The number of para-hydroxylation sites is 1. The highest BCUT2D eigenvalue weighted by Crippen LogP contribution is 2.35. The van der Waals surface area contributed by atoms with Gasteiger partial charge in [0.1, 0.15) is 5.75 Å². The SMILES string of the molecule is CCc1c(N)cc(Cl)c(CC)c1NC(=O)N(Cc1ccc(Cl)cc1)c1ccc(N(C)C(=O)Oc2ccccc2)cc1. The molecule has 3 N–H and O–H groups in total. The Labute approximate surface area is 250 Å². The summed E-state index contributed by atoms with van der Waals surface area (Å²) in [4.78, 5) is 29.6. The molecule has 3 amide bonds. The van der Waals surface area contributed by atoms with Crippen LogP contribution in [-0.4, -0.2) is 19.2 Å². The fourth-order valence-electron chi connectivity index (χ4n) is 4.48. The fourth-order valence-corrected chi connectivity index (χ4v) is 4.95. The van der Waals surface area contributed by atoms with E-state index in [1.165, 1.54) is 4.90 Å². The highest BCUT2D eigenvalue weighted by atomic mass is 35.5. The fraction of sp³-hybridized carbons (Fsp3) is 0.188. The van der Waals surface area contributed by atoms with Crippen LogP contribution in [0.4, 0.5) is 32.3 Å². The highest BCUT2D eigenvalue weighted by molar-refractivity contribution is 6.32. The first-order chi connectivity index (χ1) is 19.7. The summed E-state index contributed by atoms with van der Waals surface area (Å²) in [6.07, 6.45) is 0.722. The lowest BCUT2D eigenvalue weighted by Gasteiger charge is -2.26. The van der Waals surface area contributed by atoms with Gasteiger partial charge in [-0.05, 0) is 84.1 Å². The van der Waals surface area contributed by atoms with Gasteiger partial charge in [0, 0.05) is 34.2 Å². The van der Waals surface area contributed by atoms with Crippen LogP contribution < -0.4 is 25.6 Å². The second-order valence-electron chi connectivity index (χ2n) is 9.39. The Bertz CT molecular complexity index is 1480. The van der Waals surface area contributed by atoms with Gasteiger partial charge in [-0.3, -0.25) is 9.80 Å². The summed E-state index contributed by atoms with van der Waals surface area (Å²) in [6, 6.07) is 24.6. The van der Waals surface area contributed by atoms with E-state index < -0.39 is 6.09 Å². The Hall–Kier alpha value is -4.20. The first kappa shape index (κ1) is 29.8. The van der Waals surface area contributed by atoms with Crippen molar-refractivity contribution < 1.29 is 14.3 Å². The number of ether oxygens (including phenoxy) is 1. The van der Waals surface area contributed by atoms with Crippen molar-refractivity contribution in [2.24, 2.45) is 0 Å². The largest absolute Gasteiger partial charge is 0.419 e. The predicted molar refractivity (Wildman–Crippen MR) is 169 cm³/mol. The molecule has 0 aromatic heterocycles. The van der Waals surface area contributed by atoms with Gasteiger partial charge < -0.3 is 15.8 Å². The molecule has 0 saturated heterocycles. The molecule has 0 radical (unpaired) electrons. The van der Waals surface area contributed by atoms with E-state index in [4.69, 9.17) is 33.7 Å². The molecule has 0 atom stereocenters. The minimum absolute atomic E-state index is 0.271. The number of benzene rings is 4. The van der Waals surface area contributed by atoms with Gasteiger partial charge in [0.25, 0.3) is 0 Å². The molecular formula is C32H32Cl2N4O3. The number of hydrogen-bond donors (Lipinski definition) is 2. The maximum absolute atomic E-state index is 13.9. The van der Waals surface area contributed by atoms with Gasteiger partial charge in [-0.15, -0.1) is 0 Å². The summed E-state index contributed by atoms with van der Waals surface area (Å²) in [5.74, 6) is 0.450. The van der Waals surface area contributed by atoms with Crippen LogP contribution >= 0.6 is 23.2 Å². The van der Waals surface area contributed by atoms with Crippen LogP contribution in [0.25, 0.3) is 0 Å². The molecule has 4 aromatic carbocycles. The zero-order valence-corrected chi connectivity index (χ0v) is 24.7. The summed E-state index contributed by atoms with van der Waals surface area (Å²) in [7, 11) is 1.63. The normalized spacial score (nSPS) is 10.7. The van der Waals surface area contributed by atoms with E-state index in [0.717, 1.165) is 16.7 Å². The molecular weight excluding hydrogens is 559 g/mol. The van der Waals surface area contributed by atoms with E-state index in [0.29, 0.717) is 51.4 Å². The van der Waals surface area contributed by atoms with Crippen molar-refractivity contribution in [2.45, 2.75) is 33.2 Å². The minimum Gasteiger partial charge on any atom is -0.410 e. The van der Waals surface area contributed by atoms with Gasteiger partial charge in [-0.1, -0.05) is 67.4 Å². The maximum Gasteiger partial charge on any atom is 0.419 e. The zero-order valence-electron chi connectivity index (χ0n) is 23.2. The number of urea groups is 1. The molecule has 0 spiro atoms. The van der Waals surface area contributed by atoms with Crippen LogP contribution in [0.2, 0.25) is 10.0 Å². The number of anilines is 4. The average molecular weight is 592 g/mol. The molecule has 0 fully saturated rings. The number of carbonyl (C=O) groups excluding carboxylic acids is 2. The maximum atomic E-state index is 13.9. The summed E-state index contributed by atoms with van der Waals surface area (Å²) in [6.45, 7) is 4.24. The Kier molecular flexibility index (Phi) is 9.76. The average Bonchev–Trinajstić information content (AvgIpc) is 2.97. The third kappa shape index (κ3) is 7.12. The number of nitrogen functional groups attached to an aromatic ring is 1. The quantitative estimate of drug-likeness (QED) is 0.201. The predicted octanol–water partition coefficient (Wildman–Crippen LogP) is 8.57. The van der Waals surface area contributed by atoms with Crippen LogP contribution in [0.5, 0.6) is 5.75 Å². The molecule has 41 heavy (non-hydrogen) atoms. The van der Waals surface area contributed by atoms with E-state index in [2.05, 4.69) is 5.32 Å². The Balaban J connectivity index is 1.64. The Morgan fingerprint density at radius 2 is 1.46 bits per heavy atom. The van der Waals surface area contributed by atoms with E-state index in [-0.39, 0.29) is 12.6 Å². The monoisotopic (exact) mass is 590 g/mol. The number of nitrogens with two attached hydrogens (primary N) is 1. The topological polar surface area (TPSA) is 87.9 Å². The van der Waals surface area contributed by atoms with E-state index in [1.807, 2.05) is 32.0 Å². The van der Waals surface area contributed by atoms with E-state index >= 15 is 0 Å². The van der Waals surface area contributed by atoms with Crippen molar-refractivity contribution in [3.63, 3.8) is 0 Å². The van der Waals surface area contributed by atoms with Crippen molar-refractivity contribution >= 4 is 58.1 Å². The highest BCUT2D eigenvalue weighted by Gasteiger charge is 2.22. The second kappa shape index (κ2) is 13.4. The van der Waals surface area contributed by atoms with Crippen LogP contribution in [0, 0.1) is 0 Å². The number of hydrogen-bond acceptors (Lipinski definition) is 4. The van der Waals surface area contributed by atoms with Gasteiger partial charge in [0.2, 0.25) is 0 Å². The number of nitrogens with one attached hydrogen (secondary N) is 1. The number of carbonyl (C=O) groups is 2.